The van der Waals surface area contributed by atoms with Crippen molar-refractivity contribution in [3.8, 4) is 5.75 Å². The van der Waals surface area contributed by atoms with Gasteiger partial charge in [-0.2, -0.15) is 4.31 Å². The van der Waals surface area contributed by atoms with Crippen LogP contribution in [0, 0.1) is 5.82 Å². The topological polar surface area (TPSA) is 79.0 Å². The lowest BCUT2D eigenvalue weighted by Gasteiger charge is -2.35. The van der Waals surface area contributed by atoms with E-state index in [1.165, 1.54) is 17.5 Å². The van der Waals surface area contributed by atoms with Gasteiger partial charge in [-0.15, -0.1) is 0 Å². The summed E-state index contributed by atoms with van der Waals surface area (Å²) in [6.07, 6.45) is 0. The summed E-state index contributed by atoms with van der Waals surface area (Å²) >= 11 is 0. The molecule has 0 spiro atoms. The van der Waals surface area contributed by atoms with Crippen molar-refractivity contribution in [3.63, 3.8) is 0 Å². The normalized spacial score (nSPS) is 16.6. The predicted octanol–water partition coefficient (Wildman–Crippen LogP) is 1.65. The highest BCUT2D eigenvalue weighted by atomic mass is 32.2. The second-order valence-electron chi connectivity index (χ2n) is 6.87. The molecule has 0 saturated carbocycles. The van der Waals surface area contributed by atoms with E-state index < -0.39 is 15.8 Å². The number of rotatable bonds is 3. The summed E-state index contributed by atoms with van der Waals surface area (Å²) in [6.45, 7) is 6.43. The number of halogens is 1. The second kappa shape index (κ2) is 7.17. The Labute approximate surface area is 147 Å². The van der Waals surface area contributed by atoms with Crippen LogP contribution in [0.15, 0.2) is 23.1 Å². The lowest BCUT2D eigenvalue weighted by molar-refractivity contribution is 0.165. The Balaban J connectivity index is 2.12. The summed E-state index contributed by atoms with van der Waals surface area (Å²) in [6, 6.07) is 3.15. The van der Waals surface area contributed by atoms with Gasteiger partial charge in [0.05, 0.1) is 7.11 Å². The van der Waals surface area contributed by atoms with Crippen LogP contribution >= 0.6 is 0 Å². The molecule has 1 heterocycles. The molecule has 25 heavy (non-hydrogen) atoms. The van der Waals surface area contributed by atoms with E-state index >= 15 is 0 Å². The zero-order chi connectivity index (χ0) is 18.8. The number of nitrogens with zero attached hydrogens (tertiary/aromatic N) is 2. The molecular weight excluding hydrogens is 349 g/mol. The number of ether oxygens (including phenoxy) is 1. The highest BCUT2D eigenvalue weighted by Crippen LogP contribution is 2.28. The molecule has 1 aromatic carbocycles. The van der Waals surface area contributed by atoms with Gasteiger partial charge in [0.25, 0.3) is 0 Å². The van der Waals surface area contributed by atoms with Gasteiger partial charge in [0.15, 0.2) is 0 Å². The van der Waals surface area contributed by atoms with Crippen LogP contribution in [0.1, 0.15) is 20.8 Å². The van der Waals surface area contributed by atoms with E-state index in [1.54, 1.807) is 4.90 Å². The van der Waals surface area contributed by atoms with Crippen molar-refractivity contribution in [2.24, 2.45) is 0 Å². The third-order valence-corrected chi connectivity index (χ3v) is 5.67. The van der Waals surface area contributed by atoms with Gasteiger partial charge < -0.3 is 15.0 Å². The molecule has 2 amide bonds. The van der Waals surface area contributed by atoms with Crippen LogP contribution in [0.2, 0.25) is 0 Å². The molecule has 0 radical (unpaired) electrons. The van der Waals surface area contributed by atoms with Gasteiger partial charge in [0.1, 0.15) is 16.5 Å². The first kappa shape index (κ1) is 19.5. The van der Waals surface area contributed by atoms with E-state index in [2.05, 4.69) is 5.32 Å². The van der Waals surface area contributed by atoms with E-state index in [0.717, 1.165) is 12.1 Å². The number of urea groups is 1. The summed E-state index contributed by atoms with van der Waals surface area (Å²) in [5.74, 6) is -0.558. The smallest absolute Gasteiger partial charge is 0.317 e. The van der Waals surface area contributed by atoms with Crippen LogP contribution < -0.4 is 10.1 Å². The number of sulfonamides is 1. The number of benzene rings is 1. The summed E-state index contributed by atoms with van der Waals surface area (Å²) in [4.78, 5) is 13.5. The average molecular weight is 373 g/mol. The number of nitrogens with one attached hydrogen (secondary N) is 1. The quantitative estimate of drug-likeness (QED) is 0.874. The number of piperazine rings is 1. The molecule has 0 aliphatic carbocycles. The van der Waals surface area contributed by atoms with Crippen molar-refractivity contribution in [2.75, 3.05) is 33.3 Å². The maximum atomic E-state index is 13.5. The van der Waals surface area contributed by atoms with Gasteiger partial charge in [0, 0.05) is 31.7 Å². The van der Waals surface area contributed by atoms with Crippen LogP contribution in [-0.2, 0) is 10.0 Å². The van der Waals surface area contributed by atoms with Crippen LogP contribution in [0.25, 0.3) is 0 Å². The fourth-order valence-electron chi connectivity index (χ4n) is 2.52. The summed E-state index contributed by atoms with van der Waals surface area (Å²) < 4.78 is 45.4. The minimum absolute atomic E-state index is 0.0919. The van der Waals surface area contributed by atoms with Crippen molar-refractivity contribution in [3.05, 3.63) is 24.0 Å². The molecule has 1 fully saturated rings. The molecule has 2 rings (SSSR count). The van der Waals surface area contributed by atoms with Crippen LogP contribution in [0.3, 0.4) is 0 Å². The van der Waals surface area contributed by atoms with Gasteiger partial charge in [0.2, 0.25) is 10.0 Å². The molecule has 1 aromatic rings. The zero-order valence-corrected chi connectivity index (χ0v) is 15.7. The number of carbonyl (C=O) groups is 1. The maximum Gasteiger partial charge on any atom is 0.317 e. The fourth-order valence-corrected chi connectivity index (χ4v) is 4.11. The Morgan fingerprint density at radius 2 is 1.80 bits per heavy atom. The van der Waals surface area contributed by atoms with Crippen LogP contribution in [0.4, 0.5) is 9.18 Å². The summed E-state index contributed by atoms with van der Waals surface area (Å²) in [5, 5.41) is 2.85. The lowest BCUT2D eigenvalue weighted by atomic mass is 10.1. The van der Waals surface area contributed by atoms with Crippen molar-refractivity contribution < 1.29 is 22.3 Å². The van der Waals surface area contributed by atoms with E-state index in [0.29, 0.717) is 0 Å². The van der Waals surface area contributed by atoms with Gasteiger partial charge >= 0.3 is 6.03 Å². The SMILES string of the molecule is COc1ccc(F)cc1S(=O)(=O)N1CCN(C(=O)NC(C)(C)C)CC1. The Hall–Kier alpha value is -1.87. The fraction of sp³-hybridized carbons (Fsp3) is 0.562. The Kier molecular flexibility index (Phi) is 5.58. The molecule has 9 heteroatoms. The van der Waals surface area contributed by atoms with Gasteiger partial charge in [-0.3, -0.25) is 0 Å². The maximum absolute atomic E-state index is 13.5. The molecule has 0 unspecified atom stereocenters. The second-order valence-corrected chi connectivity index (χ2v) is 8.77. The molecule has 140 valence electrons. The first-order chi connectivity index (χ1) is 11.5. The molecular formula is C16H24FN3O4S. The lowest BCUT2D eigenvalue weighted by Crippen LogP contribution is -2.55. The molecule has 0 aromatic heterocycles. The summed E-state index contributed by atoms with van der Waals surface area (Å²) in [7, 11) is -2.57. The third-order valence-electron chi connectivity index (χ3n) is 3.75. The monoisotopic (exact) mass is 373 g/mol. The Morgan fingerprint density at radius 3 is 2.32 bits per heavy atom. The van der Waals surface area contributed by atoms with Crippen LogP contribution in [0.5, 0.6) is 5.75 Å². The molecule has 7 nitrogen and oxygen atoms in total. The molecule has 1 aliphatic rings. The van der Waals surface area contributed by atoms with Crippen molar-refractivity contribution >= 4 is 16.1 Å². The first-order valence-electron chi connectivity index (χ1n) is 7.95. The number of hydrogen-bond acceptors (Lipinski definition) is 4. The number of amides is 2. The van der Waals surface area contributed by atoms with E-state index in [-0.39, 0.29) is 48.4 Å². The minimum atomic E-state index is -3.90. The third kappa shape index (κ3) is 4.60. The highest BCUT2D eigenvalue weighted by Gasteiger charge is 2.33. The molecule has 0 bridgehead atoms. The van der Waals surface area contributed by atoms with Crippen LogP contribution in [-0.4, -0.2) is 62.5 Å². The predicted molar refractivity (Wildman–Crippen MR) is 91.6 cm³/mol. The zero-order valence-electron chi connectivity index (χ0n) is 14.9. The van der Waals surface area contributed by atoms with Gasteiger partial charge in [-0.05, 0) is 39.0 Å². The average Bonchev–Trinajstić information content (AvgIpc) is 2.53. The van der Waals surface area contributed by atoms with Crippen molar-refractivity contribution in [1.82, 2.24) is 14.5 Å². The molecule has 1 N–H and O–H groups in total. The molecule has 1 aliphatic heterocycles. The Bertz CT molecular complexity index is 738. The van der Waals surface area contributed by atoms with E-state index in [9.17, 15) is 17.6 Å². The van der Waals surface area contributed by atoms with Crippen molar-refractivity contribution in [1.29, 1.82) is 0 Å². The molecule has 1 saturated heterocycles. The van der Waals surface area contributed by atoms with Gasteiger partial charge in [-0.25, -0.2) is 17.6 Å². The first-order valence-corrected chi connectivity index (χ1v) is 9.39. The number of carbonyl (C=O) groups excluding carboxylic acids is 1. The Morgan fingerprint density at radius 1 is 1.20 bits per heavy atom. The highest BCUT2D eigenvalue weighted by molar-refractivity contribution is 7.89. The summed E-state index contributed by atoms with van der Waals surface area (Å²) in [5.41, 5.74) is -0.366. The van der Waals surface area contributed by atoms with E-state index in [1.807, 2.05) is 20.8 Å². The number of methoxy groups -OCH3 is 1. The minimum Gasteiger partial charge on any atom is -0.495 e. The van der Waals surface area contributed by atoms with E-state index in [4.69, 9.17) is 4.74 Å². The van der Waals surface area contributed by atoms with Gasteiger partial charge in [-0.1, -0.05) is 0 Å². The molecule has 0 atom stereocenters. The number of hydrogen-bond donors (Lipinski definition) is 1. The van der Waals surface area contributed by atoms with Crippen molar-refractivity contribution in [2.45, 2.75) is 31.2 Å². The largest absolute Gasteiger partial charge is 0.495 e. The standard InChI is InChI=1S/C16H24FN3O4S/c1-16(2,3)18-15(21)19-7-9-20(10-8-19)25(22,23)14-11-12(17)5-6-13(14)24-4/h5-6,11H,7-10H2,1-4H3,(H,18,21).